The van der Waals surface area contributed by atoms with Gasteiger partial charge in [-0.2, -0.15) is 5.10 Å². The van der Waals surface area contributed by atoms with E-state index >= 15 is 0 Å². The summed E-state index contributed by atoms with van der Waals surface area (Å²) in [4.78, 5) is 15.5. The van der Waals surface area contributed by atoms with Crippen molar-refractivity contribution in [2.24, 2.45) is 0 Å². The topological polar surface area (TPSA) is 72.3 Å². The largest absolute Gasteiger partial charge is 0.439 e. The van der Waals surface area contributed by atoms with E-state index in [2.05, 4.69) is 45.0 Å². The lowest BCUT2D eigenvalue weighted by Gasteiger charge is -2.13. The summed E-state index contributed by atoms with van der Waals surface area (Å²) in [5.74, 6) is 1.45. The molecule has 0 amide bonds. The van der Waals surface area contributed by atoms with Crippen molar-refractivity contribution in [3.8, 4) is 11.6 Å². The molecule has 0 atom stereocenters. The number of nitrogens with one attached hydrogen (secondary N) is 1. The Bertz CT molecular complexity index is 854. The SMILES string of the molecule is CC(C)c1cc(Br)ccc1Oc1cc2n[nH]c(=O)n2cn1. The average molecular weight is 349 g/mol. The molecular formula is C14H13BrN4O2. The number of hydrogen-bond donors (Lipinski definition) is 1. The number of halogens is 1. The summed E-state index contributed by atoms with van der Waals surface area (Å²) in [5.41, 5.74) is 1.22. The average Bonchev–Trinajstić information content (AvgIpc) is 2.82. The van der Waals surface area contributed by atoms with E-state index in [0.717, 1.165) is 15.8 Å². The summed E-state index contributed by atoms with van der Waals surface area (Å²) in [6, 6.07) is 7.45. The Hall–Kier alpha value is -2.15. The number of aromatic amines is 1. The Balaban J connectivity index is 2.00. The Morgan fingerprint density at radius 2 is 2.14 bits per heavy atom. The number of aromatic nitrogens is 4. The van der Waals surface area contributed by atoms with E-state index in [4.69, 9.17) is 4.74 Å². The minimum absolute atomic E-state index is 0.314. The van der Waals surface area contributed by atoms with E-state index in [1.807, 2.05) is 18.2 Å². The lowest BCUT2D eigenvalue weighted by Crippen LogP contribution is -2.09. The zero-order valence-corrected chi connectivity index (χ0v) is 13.1. The van der Waals surface area contributed by atoms with Crippen LogP contribution in [-0.2, 0) is 0 Å². The third-order valence-corrected chi connectivity index (χ3v) is 3.59. The molecule has 0 bridgehead atoms. The van der Waals surface area contributed by atoms with Crippen LogP contribution in [0.4, 0.5) is 0 Å². The summed E-state index contributed by atoms with van der Waals surface area (Å²) in [6.07, 6.45) is 1.39. The standard InChI is InChI=1S/C14H13BrN4O2/c1-8(2)10-5-9(15)3-4-11(10)21-13-6-12-17-18-14(20)19(12)7-16-13/h3-8H,1-2H3,(H,18,20). The van der Waals surface area contributed by atoms with Gasteiger partial charge in [0.1, 0.15) is 12.1 Å². The quantitative estimate of drug-likeness (QED) is 0.789. The van der Waals surface area contributed by atoms with Gasteiger partial charge in [0.15, 0.2) is 5.65 Å². The number of nitrogens with zero attached hydrogens (tertiary/aromatic N) is 3. The van der Waals surface area contributed by atoms with Crippen LogP contribution in [0.1, 0.15) is 25.3 Å². The first kappa shape index (κ1) is 13.8. The molecule has 1 N–H and O–H groups in total. The van der Waals surface area contributed by atoms with Gasteiger partial charge in [0.05, 0.1) is 0 Å². The lowest BCUT2D eigenvalue weighted by molar-refractivity contribution is 0.453. The molecule has 0 saturated carbocycles. The fourth-order valence-corrected chi connectivity index (χ4v) is 2.40. The molecule has 0 unspecified atom stereocenters. The second-order valence-corrected chi connectivity index (χ2v) is 5.84. The van der Waals surface area contributed by atoms with Crippen molar-refractivity contribution in [3.05, 3.63) is 51.1 Å². The molecule has 2 heterocycles. The molecule has 0 spiro atoms. The molecule has 0 radical (unpaired) electrons. The molecule has 2 aromatic heterocycles. The van der Waals surface area contributed by atoms with Crippen LogP contribution < -0.4 is 10.4 Å². The zero-order valence-electron chi connectivity index (χ0n) is 11.5. The summed E-state index contributed by atoms with van der Waals surface area (Å²) >= 11 is 3.46. The Morgan fingerprint density at radius 3 is 2.90 bits per heavy atom. The van der Waals surface area contributed by atoms with E-state index in [9.17, 15) is 4.79 Å². The van der Waals surface area contributed by atoms with Crippen molar-refractivity contribution in [1.29, 1.82) is 0 Å². The predicted octanol–water partition coefficient (Wildman–Crippen LogP) is 3.10. The van der Waals surface area contributed by atoms with E-state index in [1.54, 1.807) is 6.07 Å². The maximum absolute atomic E-state index is 11.4. The van der Waals surface area contributed by atoms with Crippen LogP contribution in [0.5, 0.6) is 11.6 Å². The van der Waals surface area contributed by atoms with E-state index < -0.39 is 0 Å². The maximum Gasteiger partial charge on any atom is 0.348 e. The molecule has 0 fully saturated rings. The van der Waals surface area contributed by atoms with Crippen molar-refractivity contribution < 1.29 is 4.74 Å². The Morgan fingerprint density at radius 1 is 1.33 bits per heavy atom. The summed E-state index contributed by atoms with van der Waals surface area (Å²) < 4.78 is 8.16. The first-order chi connectivity index (χ1) is 10.0. The Kier molecular flexibility index (Phi) is 3.50. The summed E-state index contributed by atoms with van der Waals surface area (Å²) in [7, 11) is 0. The molecule has 7 heteroatoms. The first-order valence-corrected chi connectivity index (χ1v) is 7.24. The van der Waals surface area contributed by atoms with Gasteiger partial charge in [0.2, 0.25) is 5.88 Å². The Labute approximate surface area is 128 Å². The van der Waals surface area contributed by atoms with Crippen molar-refractivity contribution in [2.75, 3.05) is 0 Å². The van der Waals surface area contributed by atoms with Crippen LogP contribution in [0.25, 0.3) is 5.65 Å². The monoisotopic (exact) mass is 348 g/mol. The first-order valence-electron chi connectivity index (χ1n) is 6.44. The third kappa shape index (κ3) is 2.69. The molecule has 3 rings (SSSR count). The summed E-state index contributed by atoms with van der Waals surface area (Å²) in [5, 5.41) is 6.25. The maximum atomic E-state index is 11.4. The molecule has 0 aliphatic heterocycles. The number of hydrogen-bond acceptors (Lipinski definition) is 4. The molecular weight excluding hydrogens is 336 g/mol. The molecule has 0 aliphatic rings. The van der Waals surface area contributed by atoms with Crippen molar-refractivity contribution in [2.45, 2.75) is 19.8 Å². The molecule has 0 aliphatic carbocycles. The van der Waals surface area contributed by atoms with E-state index in [-0.39, 0.29) is 5.69 Å². The number of fused-ring (bicyclic) bond motifs is 1. The van der Waals surface area contributed by atoms with Crippen LogP contribution in [0.3, 0.4) is 0 Å². The number of ether oxygens (including phenoxy) is 1. The minimum atomic E-state index is -0.324. The van der Waals surface area contributed by atoms with E-state index in [0.29, 0.717) is 17.4 Å². The van der Waals surface area contributed by atoms with Gasteiger partial charge in [0.25, 0.3) is 0 Å². The van der Waals surface area contributed by atoms with Gasteiger partial charge in [-0.1, -0.05) is 29.8 Å². The highest BCUT2D eigenvalue weighted by molar-refractivity contribution is 9.10. The third-order valence-electron chi connectivity index (χ3n) is 3.09. The molecule has 6 nitrogen and oxygen atoms in total. The molecule has 1 aromatic carbocycles. The number of H-pyrrole nitrogens is 1. The smallest absolute Gasteiger partial charge is 0.348 e. The van der Waals surface area contributed by atoms with Gasteiger partial charge in [-0.05, 0) is 29.7 Å². The van der Waals surface area contributed by atoms with Crippen LogP contribution in [0, 0.1) is 0 Å². The van der Waals surface area contributed by atoms with Gasteiger partial charge < -0.3 is 4.74 Å². The molecule has 21 heavy (non-hydrogen) atoms. The zero-order chi connectivity index (χ0) is 15.0. The van der Waals surface area contributed by atoms with Crippen molar-refractivity contribution >= 4 is 21.6 Å². The second kappa shape index (κ2) is 5.33. The van der Waals surface area contributed by atoms with Gasteiger partial charge in [-0.3, -0.25) is 0 Å². The number of rotatable bonds is 3. The minimum Gasteiger partial charge on any atom is -0.439 e. The van der Waals surface area contributed by atoms with Crippen molar-refractivity contribution in [1.82, 2.24) is 19.6 Å². The number of benzene rings is 1. The fourth-order valence-electron chi connectivity index (χ4n) is 2.02. The van der Waals surface area contributed by atoms with Gasteiger partial charge in [-0.25, -0.2) is 19.3 Å². The van der Waals surface area contributed by atoms with Crippen LogP contribution in [-0.4, -0.2) is 19.6 Å². The van der Waals surface area contributed by atoms with Gasteiger partial charge >= 0.3 is 5.69 Å². The highest BCUT2D eigenvalue weighted by Gasteiger charge is 2.11. The highest BCUT2D eigenvalue weighted by Crippen LogP contribution is 2.32. The van der Waals surface area contributed by atoms with Crippen molar-refractivity contribution in [3.63, 3.8) is 0 Å². The van der Waals surface area contributed by atoms with Gasteiger partial charge in [-0.15, -0.1) is 0 Å². The molecule has 0 saturated heterocycles. The summed E-state index contributed by atoms with van der Waals surface area (Å²) in [6.45, 7) is 4.19. The predicted molar refractivity (Wildman–Crippen MR) is 81.9 cm³/mol. The van der Waals surface area contributed by atoms with Crippen LogP contribution >= 0.6 is 15.9 Å². The fraction of sp³-hybridized carbons (Fsp3) is 0.214. The normalized spacial score (nSPS) is 11.2. The van der Waals surface area contributed by atoms with E-state index in [1.165, 1.54) is 10.7 Å². The molecule has 3 aromatic rings. The lowest BCUT2D eigenvalue weighted by atomic mass is 10.0. The second-order valence-electron chi connectivity index (χ2n) is 4.92. The van der Waals surface area contributed by atoms with Crippen LogP contribution in [0.15, 0.2) is 39.9 Å². The highest BCUT2D eigenvalue weighted by atomic mass is 79.9. The van der Waals surface area contributed by atoms with Crippen LogP contribution in [0.2, 0.25) is 0 Å². The van der Waals surface area contributed by atoms with Gasteiger partial charge in [0, 0.05) is 10.5 Å². The molecule has 108 valence electrons.